The summed E-state index contributed by atoms with van der Waals surface area (Å²) in [7, 11) is 0. The highest BCUT2D eigenvalue weighted by Crippen LogP contribution is 2.32. The Bertz CT molecular complexity index is 355. The van der Waals surface area contributed by atoms with E-state index >= 15 is 0 Å². The lowest BCUT2D eigenvalue weighted by Gasteiger charge is -2.37. The number of aromatic nitrogens is 3. The van der Waals surface area contributed by atoms with Gasteiger partial charge in [0.1, 0.15) is 5.60 Å². The molecule has 0 saturated carbocycles. The van der Waals surface area contributed by atoms with Gasteiger partial charge < -0.3 is 10.0 Å². The molecule has 0 bridgehead atoms. The lowest BCUT2D eigenvalue weighted by Crippen LogP contribution is -2.43. The maximum Gasteiger partial charge on any atom is 0.110 e. The Morgan fingerprint density at radius 1 is 1.35 bits per heavy atom. The highest BCUT2D eigenvalue weighted by atomic mass is 16.3. The number of aliphatic hydroxyl groups is 1. The second-order valence-electron chi connectivity index (χ2n) is 4.81. The average molecular weight is 238 g/mol. The first-order valence-electron chi connectivity index (χ1n) is 6.53. The zero-order valence-corrected chi connectivity index (χ0v) is 10.8. The molecule has 1 fully saturated rings. The quantitative estimate of drug-likeness (QED) is 0.850. The summed E-state index contributed by atoms with van der Waals surface area (Å²) in [6.45, 7) is 8.05. The Balaban J connectivity index is 2.12. The molecule has 1 aliphatic rings. The van der Waals surface area contributed by atoms with Crippen molar-refractivity contribution < 1.29 is 5.11 Å². The van der Waals surface area contributed by atoms with Gasteiger partial charge in [-0.2, -0.15) is 0 Å². The van der Waals surface area contributed by atoms with Crippen LogP contribution in [0.3, 0.4) is 0 Å². The fourth-order valence-electron chi connectivity index (χ4n) is 2.49. The summed E-state index contributed by atoms with van der Waals surface area (Å²) in [6.07, 6.45) is 4.28. The van der Waals surface area contributed by atoms with Gasteiger partial charge in [-0.25, -0.2) is 4.68 Å². The van der Waals surface area contributed by atoms with Crippen LogP contribution in [0.4, 0.5) is 0 Å². The normalized spacial score (nSPS) is 20.6. The summed E-state index contributed by atoms with van der Waals surface area (Å²) in [5.41, 5.74) is 0.153. The summed E-state index contributed by atoms with van der Waals surface area (Å²) in [6, 6.07) is 0. The van der Waals surface area contributed by atoms with Gasteiger partial charge in [0.2, 0.25) is 0 Å². The zero-order chi connectivity index (χ0) is 12.3. The molecule has 0 aromatic carbocycles. The molecule has 0 amide bonds. The first-order chi connectivity index (χ1) is 8.19. The van der Waals surface area contributed by atoms with E-state index in [1.165, 1.54) is 0 Å². The Morgan fingerprint density at radius 2 is 2.06 bits per heavy atom. The van der Waals surface area contributed by atoms with Crippen molar-refractivity contribution in [2.75, 3.05) is 19.6 Å². The number of hydrogen-bond donors (Lipinski definition) is 1. The number of hydrogen-bond acceptors (Lipinski definition) is 4. The SMILES string of the molecule is CCCn1nncc1C1(O)CCN(CC)CC1. The Kier molecular flexibility index (Phi) is 3.79. The van der Waals surface area contributed by atoms with Crippen LogP contribution in [0.2, 0.25) is 0 Å². The molecule has 1 saturated heterocycles. The molecule has 2 heterocycles. The molecule has 0 aliphatic carbocycles. The van der Waals surface area contributed by atoms with E-state index in [9.17, 15) is 5.11 Å². The Morgan fingerprint density at radius 3 is 2.65 bits per heavy atom. The van der Waals surface area contributed by atoms with E-state index in [0.29, 0.717) is 0 Å². The molecule has 0 atom stereocenters. The molecular formula is C12H22N4O. The fraction of sp³-hybridized carbons (Fsp3) is 0.833. The first kappa shape index (κ1) is 12.5. The third-order valence-electron chi connectivity index (χ3n) is 3.66. The van der Waals surface area contributed by atoms with Crippen molar-refractivity contribution in [2.45, 2.75) is 45.3 Å². The smallest absolute Gasteiger partial charge is 0.110 e. The van der Waals surface area contributed by atoms with Crippen LogP contribution in [0.5, 0.6) is 0 Å². The standard InChI is InChI=1S/C12H22N4O/c1-3-7-16-11(10-13-14-16)12(17)5-8-15(4-2)9-6-12/h10,17H,3-9H2,1-2H3. The minimum Gasteiger partial charge on any atom is -0.383 e. The molecular weight excluding hydrogens is 216 g/mol. The molecule has 0 unspecified atom stereocenters. The van der Waals surface area contributed by atoms with E-state index in [0.717, 1.165) is 51.1 Å². The Hall–Kier alpha value is -0.940. The molecule has 0 spiro atoms. The molecule has 1 aromatic heterocycles. The van der Waals surface area contributed by atoms with Crippen LogP contribution < -0.4 is 0 Å². The monoisotopic (exact) mass is 238 g/mol. The van der Waals surface area contributed by atoms with Crippen LogP contribution in [0, 0.1) is 0 Å². The molecule has 0 radical (unpaired) electrons. The fourth-order valence-corrected chi connectivity index (χ4v) is 2.49. The summed E-state index contributed by atoms with van der Waals surface area (Å²) in [4.78, 5) is 2.36. The van der Waals surface area contributed by atoms with Crippen LogP contribution in [-0.4, -0.2) is 44.6 Å². The predicted octanol–water partition coefficient (Wildman–Crippen LogP) is 0.991. The average Bonchev–Trinajstić information content (AvgIpc) is 2.80. The zero-order valence-electron chi connectivity index (χ0n) is 10.8. The van der Waals surface area contributed by atoms with Crippen molar-refractivity contribution in [3.8, 4) is 0 Å². The van der Waals surface area contributed by atoms with Crippen LogP contribution in [-0.2, 0) is 12.1 Å². The van der Waals surface area contributed by atoms with E-state index < -0.39 is 5.60 Å². The number of rotatable bonds is 4. The van der Waals surface area contributed by atoms with E-state index in [-0.39, 0.29) is 0 Å². The van der Waals surface area contributed by atoms with Gasteiger partial charge in [-0.1, -0.05) is 19.1 Å². The predicted molar refractivity (Wildman–Crippen MR) is 65.6 cm³/mol. The second-order valence-corrected chi connectivity index (χ2v) is 4.81. The summed E-state index contributed by atoms with van der Waals surface area (Å²) >= 11 is 0. The molecule has 5 nitrogen and oxygen atoms in total. The third-order valence-corrected chi connectivity index (χ3v) is 3.66. The van der Waals surface area contributed by atoms with Crippen LogP contribution in [0.15, 0.2) is 6.20 Å². The second kappa shape index (κ2) is 5.14. The van der Waals surface area contributed by atoms with E-state index in [1.54, 1.807) is 6.20 Å². The van der Waals surface area contributed by atoms with Crippen molar-refractivity contribution in [2.24, 2.45) is 0 Å². The molecule has 96 valence electrons. The van der Waals surface area contributed by atoms with Crippen molar-refractivity contribution in [1.29, 1.82) is 0 Å². The highest BCUT2D eigenvalue weighted by molar-refractivity contribution is 5.10. The van der Waals surface area contributed by atoms with Gasteiger partial charge in [0.05, 0.1) is 11.9 Å². The maximum absolute atomic E-state index is 10.7. The number of aryl methyl sites for hydroxylation is 1. The van der Waals surface area contributed by atoms with Gasteiger partial charge >= 0.3 is 0 Å². The Labute approximate surface area is 102 Å². The minimum absolute atomic E-state index is 0.732. The highest BCUT2D eigenvalue weighted by Gasteiger charge is 2.36. The molecule has 1 aliphatic heterocycles. The van der Waals surface area contributed by atoms with Gasteiger partial charge in [-0.15, -0.1) is 5.10 Å². The van der Waals surface area contributed by atoms with Gasteiger partial charge in [-0.05, 0) is 25.8 Å². The molecule has 5 heteroatoms. The number of piperidine rings is 1. The molecule has 2 rings (SSSR count). The minimum atomic E-state index is -0.732. The van der Waals surface area contributed by atoms with Crippen molar-refractivity contribution in [3.05, 3.63) is 11.9 Å². The van der Waals surface area contributed by atoms with E-state index in [4.69, 9.17) is 0 Å². The first-order valence-corrected chi connectivity index (χ1v) is 6.53. The topological polar surface area (TPSA) is 54.2 Å². The van der Waals surface area contributed by atoms with E-state index in [1.807, 2.05) is 4.68 Å². The lowest BCUT2D eigenvalue weighted by molar-refractivity contribution is -0.0316. The number of nitrogens with zero attached hydrogens (tertiary/aromatic N) is 4. The van der Waals surface area contributed by atoms with Gasteiger partial charge in [0, 0.05) is 19.6 Å². The van der Waals surface area contributed by atoms with Crippen LogP contribution >= 0.6 is 0 Å². The lowest BCUT2D eigenvalue weighted by atomic mass is 9.88. The van der Waals surface area contributed by atoms with Crippen LogP contribution in [0.1, 0.15) is 38.8 Å². The number of likely N-dealkylation sites (tertiary alicyclic amines) is 1. The summed E-state index contributed by atoms with van der Waals surface area (Å²) in [5.74, 6) is 0. The van der Waals surface area contributed by atoms with Crippen molar-refractivity contribution in [1.82, 2.24) is 19.9 Å². The third kappa shape index (κ3) is 2.50. The van der Waals surface area contributed by atoms with Gasteiger partial charge in [0.15, 0.2) is 0 Å². The van der Waals surface area contributed by atoms with E-state index in [2.05, 4.69) is 29.1 Å². The van der Waals surface area contributed by atoms with Crippen LogP contribution in [0.25, 0.3) is 0 Å². The summed E-state index contributed by atoms with van der Waals surface area (Å²) in [5, 5.41) is 18.7. The van der Waals surface area contributed by atoms with Gasteiger partial charge in [-0.3, -0.25) is 0 Å². The van der Waals surface area contributed by atoms with Crippen molar-refractivity contribution >= 4 is 0 Å². The molecule has 1 N–H and O–H groups in total. The molecule has 1 aromatic rings. The van der Waals surface area contributed by atoms with Gasteiger partial charge in [0.25, 0.3) is 0 Å². The molecule has 17 heavy (non-hydrogen) atoms. The maximum atomic E-state index is 10.7. The summed E-state index contributed by atoms with van der Waals surface area (Å²) < 4.78 is 1.85. The van der Waals surface area contributed by atoms with Crippen molar-refractivity contribution in [3.63, 3.8) is 0 Å². The largest absolute Gasteiger partial charge is 0.383 e.